The molecule has 4 aromatic rings. The molecule has 3 N–H and O–H groups in total. The molecule has 0 aliphatic carbocycles. The molecule has 0 aliphatic heterocycles. The van der Waals surface area contributed by atoms with Gasteiger partial charge in [0.05, 0.1) is 9.99 Å². The van der Waals surface area contributed by atoms with Crippen LogP contribution in [-0.4, -0.2) is 9.97 Å². The first kappa shape index (κ1) is 14.9. The third-order valence-corrected chi connectivity index (χ3v) is 4.89. The van der Waals surface area contributed by atoms with Crippen LogP contribution in [-0.2, 0) is 6.54 Å². The Kier molecular flexibility index (Phi) is 3.78. The molecule has 4 nitrogen and oxygen atoms in total. The van der Waals surface area contributed by atoms with Crippen molar-refractivity contribution >= 4 is 49.1 Å². The van der Waals surface area contributed by atoms with Crippen LogP contribution in [0.4, 0.5) is 11.5 Å². The number of aromatic nitrogens is 2. The van der Waals surface area contributed by atoms with Gasteiger partial charge >= 0.3 is 0 Å². The second-order valence-corrected chi connectivity index (χ2v) is 6.40. The van der Waals surface area contributed by atoms with Crippen molar-refractivity contribution in [3.8, 4) is 0 Å². The Hall–Kier alpha value is -2.66. The number of halogens is 1. The van der Waals surface area contributed by atoms with E-state index in [1.807, 2.05) is 30.5 Å². The van der Waals surface area contributed by atoms with Crippen molar-refractivity contribution in [3.63, 3.8) is 0 Å². The van der Waals surface area contributed by atoms with E-state index in [1.165, 1.54) is 5.56 Å². The van der Waals surface area contributed by atoms with Gasteiger partial charge in [-0.25, -0.2) is 4.98 Å². The van der Waals surface area contributed by atoms with Gasteiger partial charge in [0.2, 0.25) is 0 Å². The van der Waals surface area contributed by atoms with Crippen molar-refractivity contribution < 1.29 is 0 Å². The Labute approximate surface area is 147 Å². The lowest BCUT2D eigenvalue weighted by atomic mass is 10.1. The number of hydrogen-bond donors (Lipinski definition) is 2. The number of hydrogen-bond acceptors (Lipinski definition) is 4. The van der Waals surface area contributed by atoms with Gasteiger partial charge in [-0.2, -0.15) is 0 Å². The zero-order chi connectivity index (χ0) is 16.5. The van der Waals surface area contributed by atoms with E-state index in [1.54, 1.807) is 6.20 Å². The highest BCUT2D eigenvalue weighted by molar-refractivity contribution is 9.10. The van der Waals surface area contributed by atoms with Gasteiger partial charge in [0.25, 0.3) is 0 Å². The average Bonchev–Trinajstić information content (AvgIpc) is 2.63. The van der Waals surface area contributed by atoms with Crippen molar-refractivity contribution in [1.29, 1.82) is 0 Å². The van der Waals surface area contributed by atoms with Crippen LogP contribution in [0.5, 0.6) is 0 Å². The smallest absolute Gasteiger partial charge is 0.138 e. The van der Waals surface area contributed by atoms with Crippen LogP contribution in [0.15, 0.2) is 65.4 Å². The summed E-state index contributed by atoms with van der Waals surface area (Å²) < 4.78 is 0.844. The second-order valence-electron chi connectivity index (χ2n) is 5.61. The zero-order valence-electron chi connectivity index (χ0n) is 12.8. The average molecular weight is 379 g/mol. The van der Waals surface area contributed by atoms with E-state index in [4.69, 9.17) is 5.73 Å². The van der Waals surface area contributed by atoms with Crippen molar-refractivity contribution in [2.45, 2.75) is 6.54 Å². The Balaban J connectivity index is 1.66. The first-order valence-electron chi connectivity index (χ1n) is 7.62. The predicted molar refractivity (Wildman–Crippen MR) is 103 cm³/mol. The van der Waals surface area contributed by atoms with E-state index in [2.05, 4.69) is 55.5 Å². The van der Waals surface area contributed by atoms with Gasteiger partial charge < -0.3 is 11.1 Å². The number of para-hydroxylation sites is 1. The number of pyridine rings is 2. The highest BCUT2D eigenvalue weighted by Crippen LogP contribution is 2.29. The van der Waals surface area contributed by atoms with Crippen LogP contribution >= 0.6 is 15.9 Å². The third kappa shape index (κ3) is 2.67. The summed E-state index contributed by atoms with van der Waals surface area (Å²) in [5, 5.41) is 6.76. The second kappa shape index (κ2) is 6.09. The maximum Gasteiger partial charge on any atom is 0.138 e. The van der Waals surface area contributed by atoms with Gasteiger partial charge in [-0.15, -0.1) is 0 Å². The molecule has 0 bridgehead atoms. The largest absolute Gasteiger partial charge is 0.383 e. The number of rotatable bonds is 3. The van der Waals surface area contributed by atoms with Gasteiger partial charge in [0.1, 0.15) is 5.82 Å². The molecule has 2 aromatic heterocycles. The van der Waals surface area contributed by atoms with Crippen LogP contribution in [0.2, 0.25) is 0 Å². The highest BCUT2D eigenvalue weighted by atomic mass is 79.9. The van der Waals surface area contributed by atoms with Crippen molar-refractivity contribution in [1.82, 2.24) is 9.97 Å². The SMILES string of the molecule is Nc1ncc2ccc(CNc3ccnc4ccccc34)cc2c1Br. The Morgan fingerprint density at radius 1 is 1.00 bits per heavy atom. The fourth-order valence-corrected chi connectivity index (χ4v) is 3.24. The molecule has 0 atom stereocenters. The first-order valence-corrected chi connectivity index (χ1v) is 8.42. The Bertz CT molecular complexity index is 1040. The molecule has 0 spiro atoms. The number of nitrogens with one attached hydrogen (secondary N) is 1. The van der Waals surface area contributed by atoms with Crippen LogP contribution in [0.3, 0.4) is 0 Å². The van der Waals surface area contributed by atoms with Crippen LogP contribution < -0.4 is 11.1 Å². The van der Waals surface area contributed by atoms with Gasteiger partial charge in [0, 0.05) is 40.8 Å². The van der Waals surface area contributed by atoms with Gasteiger partial charge in [-0.1, -0.05) is 30.3 Å². The summed E-state index contributed by atoms with van der Waals surface area (Å²) >= 11 is 3.53. The molecular formula is C19H15BrN4. The highest BCUT2D eigenvalue weighted by Gasteiger charge is 2.06. The summed E-state index contributed by atoms with van der Waals surface area (Å²) in [7, 11) is 0. The minimum absolute atomic E-state index is 0.507. The summed E-state index contributed by atoms with van der Waals surface area (Å²) in [5.41, 5.74) is 9.12. The van der Waals surface area contributed by atoms with Crippen LogP contribution in [0.1, 0.15) is 5.56 Å². The monoisotopic (exact) mass is 378 g/mol. The molecule has 0 saturated carbocycles. The molecule has 24 heavy (non-hydrogen) atoms. The number of fused-ring (bicyclic) bond motifs is 2. The van der Waals surface area contributed by atoms with Gasteiger partial charge in [-0.05, 0) is 39.7 Å². The van der Waals surface area contributed by atoms with E-state index in [-0.39, 0.29) is 0 Å². The standard InChI is InChI=1S/C19H15BrN4/c20-18-15-9-12(5-6-13(15)11-24-19(18)21)10-23-17-7-8-22-16-4-2-1-3-14(16)17/h1-9,11H,10H2,(H2,21,24)(H,22,23). The molecule has 0 radical (unpaired) electrons. The third-order valence-electron chi connectivity index (χ3n) is 4.05. The number of benzene rings is 2. The quantitative estimate of drug-likeness (QED) is 0.540. The summed E-state index contributed by atoms with van der Waals surface area (Å²) in [4.78, 5) is 8.56. The zero-order valence-corrected chi connectivity index (χ0v) is 14.4. The molecule has 0 aliphatic rings. The Morgan fingerprint density at radius 2 is 1.88 bits per heavy atom. The van der Waals surface area contributed by atoms with Crippen LogP contribution in [0.25, 0.3) is 21.7 Å². The van der Waals surface area contributed by atoms with E-state index in [9.17, 15) is 0 Å². The van der Waals surface area contributed by atoms with Crippen LogP contribution in [0, 0.1) is 0 Å². The first-order chi connectivity index (χ1) is 11.7. The lowest BCUT2D eigenvalue weighted by molar-refractivity contribution is 1.16. The molecule has 0 unspecified atom stereocenters. The lowest BCUT2D eigenvalue weighted by Gasteiger charge is -2.11. The van der Waals surface area contributed by atoms with E-state index >= 15 is 0 Å². The minimum atomic E-state index is 0.507. The number of anilines is 2. The van der Waals surface area contributed by atoms with E-state index in [0.717, 1.165) is 38.4 Å². The predicted octanol–water partition coefficient (Wildman–Crippen LogP) is 4.74. The van der Waals surface area contributed by atoms with E-state index < -0.39 is 0 Å². The fraction of sp³-hybridized carbons (Fsp3) is 0.0526. The van der Waals surface area contributed by atoms with Crippen molar-refractivity contribution in [3.05, 3.63) is 71.0 Å². The summed E-state index contributed by atoms with van der Waals surface area (Å²) in [5.74, 6) is 0.507. The van der Waals surface area contributed by atoms with Gasteiger partial charge in [0.15, 0.2) is 0 Å². The van der Waals surface area contributed by atoms with Gasteiger partial charge in [-0.3, -0.25) is 4.98 Å². The molecule has 0 fully saturated rings. The molecule has 5 heteroatoms. The maximum absolute atomic E-state index is 5.88. The normalized spacial score (nSPS) is 11.0. The summed E-state index contributed by atoms with van der Waals surface area (Å²) in [6.45, 7) is 0.721. The molecule has 118 valence electrons. The molecule has 2 heterocycles. The summed E-state index contributed by atoms with van der Waals surface area (Å²) in [6.07, 6.45) is 3.62. The molecular weight excluding hydrogens is 364 g/mol. The molecule has 0 saturated heterocycles. The summed E-state index contributed by atoms with van der Waals surface area (Å²) in [6, 6.07) is 16.4. The number of nitrogens with two attached hydrogens (primary N) is 1. The number of nitrogens with zero attached hydrogens (tertiary/aromatic N) is 2. The van der Waals surface area contributed by atoms with Crippen molar-refractivity contribution in [2.24, 2.45) is 0 Å². The topological polar surface area (TPSA) is 63.8 Å². The number of nitrogen functional groups attached to an aromatic ring is 1. The van der Waals surface area contributed by atoms with Crippen molar-refractivity contribution in [2.75, 3.05) is 11.1 Å². The maximum atomic E-state index is 5.88. The Morgan fingerprint density at radius 3 is 2.79 bits per heavy atom. The minimum Gasteiger partial charge on any atom is -0.383 e. The fourth-order valence-electron chi connectivity index (χ4n) is 2.80. The molecule has 0 amide bonds. The molecule has 4 rings (SSSR count). The van der Waals surface area contributed by atoms with E-state index in [0.29, 0.717) is 5.82 Å². The lowest BCUT2D eigenvalue weighted by Crippen LogP contribution is -2.01. The molecule has 2 aromatic carbocycles.